The van der Waals surface area contributed by atoms with Gasteiger partial charge in [0.2, 0.25) is 0 Å². The zero-order valence-corrected chi connectivity index (χ0v) is 9.53. The van der Waals surface area contributed by atoms with Crippen LogP contribution in [0, 0.1) is 5.82 Å². The van der Waals surface area contributed by atoms with Crippen molar-refractivity contribution in [3.8, 4) is 0 Å². The van der Waals surface area contributed by atoms with E-state index in [1.54, 1.807) is 12.1 Å². The van der Waals surface area contributed by atoms with Crippen molar-refractivity contribution < 1.29 is 14.2 Å². The lowest BCUT2D eigenvalue weighted by Gasteiger charge is -2.45. The smallest absolute Gasteiger partial charge is 0.123 e. The van der Waals surface area contributed by atoms with Crippen LogP contribution >= 0.6 is 0 Å². The fourth-order valence-corrected chi connectivity index (χ4v) is 2.93. The standard InChI is InChI=1S/C13H16FNO2/c14-10-3-1-2-9(4-10)13(16)5-11-7-17-8-12(6-13)15-11/h1-4,11-12,15-16H,5-8H2. The number of halogens is 1. The van der Waals surface area contributed by atoms with Crippen molar-refractivity contribution in [1.29, 1.82) is 0 Å². The quantitative estimate of drug-likeness (QED) is 0.770. The van der Waals surface area contributed by atoms with E-state index in [9.17, 15) is 9.50 Å². The Morgan fingerprint density at radius 1 is 1.29 bits per heavy atom. The molecule has 2 N–H and O–H groups in total. The Balaban J connectivity index is 1.90. The molecule has 0 aromatic heterocycles. The highest BCUT2D eigenvalue weighted by molar-refractivity contribution is 5.25. The van der Waals surface area contributed by atoms with Crippen LogP contribution in [0.5, 0.6) is 0 Å². The zero-order chi connectivity index (χ0) is 11.9. The molecular weight excluding hydrogens is 221 g/mol. The lowest BCUT2D eigenvalue weighted by molar-refractivity contribution is -0.0803. The Hall–Kier alpha value is -0.970. The molecule has 2 fully saturated rings. The number of aliphatic hydroxyl groups is 1. The van der Waals surface area contributed by atoms with Crippen molar-refractivity contribution in [2.45, 2.75) is 30.5 Å². The molecule has 2 atom stereocenters. The molecule has 4 heteroatoms. The first kappa shape index (κ1) is 11.1. The number of benzene rings is 1. The van der Waals surface area contributed by atoms with Gasteiger partial charge in [-0.1, -0.05) is 12.1 Å². The summed E-state index contributed by atoms with van der Waals surface area (Å²) in [6, 6.07) is 6.60. The number of piperidine rings is 1. The summed E-state index contributed by atoms with van der Waals surface area (Å²) in [6.07, 6.45) is 1.15. The monoisotopic (exact) mass is 237 g/mol. The van der Waals surface area contributed by atoms with E-state index in [0.717, 1.165) is 0 Å². The van der Waals surface area contributed by atoms with Gasteiger partial charge in [0.1, 0.15) is 5.82 Å². The molecule has 0 amide bonds. The number of morpholine rings is 1. The molecule has 0 saturated carbocycles. The fraction of sp³-hybridized carbons (Fsp3) is 0.538. The Bertz CT molecular complexity index is 412. The summed E-state index contributed by atoms with van der Waals surface area (Å²) in [4.78, 5) is 0. The van der Waals surface area contributed by atoms with E-state index in [-0.39, 0.29) is 17.9 Å². The first-order chi connectivity index (χ1) is 8.16. The number of nitrogens with one attached hydrogen (secondary N) is 1. The van der Waals surface area contributed by atoms with Gasteiger partial charge >= 0.3 is 0 Å². The van der Waals surface area contributed by atoms with Crippen molar-refractivity contribution in [2.24, 2.45) is 0 Å². The highest BCUT2D eigenvalue weighted by Crippen LogP contribution is 2.36. The molecule has 1 aromatic rings. The van der Waals surface area contributed by atoms with Crippen molar-refractivity contribution in [1.82, 2.24) is 5.32 Å². The second-order valence-corrected chi connectivity index (χ2v) is 5.05. The highest BCUT2D eigenvalue weighted by atomic mass is 19.1. The molecule has 0 radical (unpaired) electrons. The van der Waals surface area contributed by atoms with Crippen molar-refractivity contribution in [3.63, 3.8) is 0 Å². The van der Waals surface area contributed by atoms with Crippen LogP contribution in [0.15, 0.2) is 24.3 Å². The van der Waals surface area contributed by atoms with Gasteiger partial charge in [-0.15, -0.1) is 0 Å². The van der Waals surface area contributed by atoms with E-state index >= 15 is 0 Å². The SMILES string of the molecule is OC1(c2cccc(F)c2)CC2COCC(C1)N2. The summed E-state index contributed by atoms with van der Waals surface area (Å²) in [5, 5.41) is 14.1. The average molecular weight is 237 g/mol. The van der Waals surface area contributed by atoms with E-state index in [1.807, 2.05) is 0 Å². The minimum absolute atomic E-state index is 0.163. The van der Waals surface area contributed by atoms with Crippen molar-refractivity contribution in [2.75, 3.05) is 13.2 Å². The topological polar surface area (TPSA) is 41.5 Å². The van der Waals surface area contributed by atoms with Gasteiger partial charge < -0.3 is 15.2 Å². The third kappa shape index (κ3) is 2.08. The van der Waals surface area contributed by atoms with Gasteiger partial charge in [0.15, 0.2) is 0 Å². The number of hydrogen-bond acceptors (Lipinski definition) is 3. The third-order valence-electron chi connectivity index (χ3n) is 3.64. The van der Waals surface area contributed by atoms with Crippen LogP contribution in [-0.4, -0.2) is 30.4 Å². The molecule has 0 spiro atoms. The molecule has 17 heavy (non-hydrogen) atoms. The number of fused-ring (bicyclic) bond motifs is 2. The average Bonchev–Trinajstić information content (AvgIpc) is 2.28. The zero-order valence-electron chi connectivity index (χ0n) is 9.53. The largest absolute Gasteiger partial charge is 0.385 e. The predicted molar refractivity (Wildman–Crippen MR) is 61.1 cm³/mol. The summed E-state index contributed by atoms with van der Waals surface area (Å²) in [6.45, 7) is 1.24. The molecule has 2 aliphatic rings. The summed E-state index contributed by atoms with van der Waals surface area (Å²) in [5.74, 6) is -0.295. The second kappa shape index (κ2) is 4.05. The summed E-state index contributed by atoms with van der Waals surface area (Å²) >= 11 is 0. The van der Waals surface area contributed by atoms with Gasteiger partial charge in [0, 0.05) is 12.1 Å². The lowest BCUT2D eigenvalue weighted by Crippen LogP contribution is -2.58. The normalized spacial score (nSPS) is 36.8. The Morgan fingerprint density at radius 3 is 2.65 bits per heavy atom. The fourth-order valence-electron chi connectivity index (χ4n) is 2.93. The first-order valence-electron chi connectivity index (χ1n) is 5.98. The maximum Gasteiger partial charge on any atom is 0.123 e. The van der Waals surface area contributed by atoms with E-state index in [0.29, 0.717) is 31.6 Å². The van der Waals surface area contributed by atoms with Gasteiger partial charge in [0.25, 0.3) is 0 Å². The molecule has 2 saturated heterocycles. The summed E-state index contributed by atoms with van der Waals surface area (Å²) in [7, 11) is 0. The van der Waals surface area contributed by atoms with Gasteiger partial charge in [-0.2, -0.15) is 0 Å². The van der Waals surface area contributed by atoms with Gasteiger partial charge in [0.05, 0.1) is 18.8 Å². The number of rotatable bonds is 1. The molecular formula is C13H16FNO2. The van der Waals surface area contributed by atoms with Gasteiger partial charge in [-0.25, -0.2) is 4.39 Å². The van der Waals surface area contributed by atoms with E-state index < -0.39 is 5.60 Å². The van der Waals surface area contributed by atoms with Crippen LogP contribution in [0.1, 0.15) is 18.4 Å². The maximum absolute atomic E-state index is 13.2. The van der Waals surface area contributed by atoms with Crippen LogP contribution in [0.3, 0.4) is 0 Å². The van der Waals surface area contributed by atoms with E-state index in [4.69, 9.17) is 4.74 Å². The molecule has 92 valence electrons. The second-order valence-electron chi connectivity index (χ2n) is 5.05. The van der Waals surface area contributed by atoms with Crippen LogP contribution < -0.4 is 5.32 Å². The molecule has 3 nitrogen and oxygen atoms in total. The minimum atomic E-state index is -0.924. The molecule has 2 unspecified atom stereocenters. The minimum Gasteiger partial charge on any atom is -0.385 e. The maximum atomic E-state index is 13.2. The van der Waals surface area contributed by atoms with E-state index in [2.05, 4.69) is 5.32 Å². The molecule has 2 heterocycles. The van der Waals surface area contributed by atoms with E-state index in [1.165, 1.54) is 12.1 Å². The van der Waals surface area contributed by atoms with Crippen LogP contribution in [0.25, 0.3) is 0 Å². The van der Waals surface area contributed by atoms with Crippen LogP contribution in [-0.2, 0) is 10.3 Å². The van der Waals surface area contributed by atoms with Crippen molar-refractivity contribution >= 4 is 0 Å². The first-order valence-corrected chi connectivity index (χ1v) is 5.98. The molecule has 1 aromatic carbocycles. The molecule has 0 aliphatic carbocycles. The molecule has 3 rings (SSSR count). The Morgan fingerprint density at radius 2 is 2.00 bits per heavy atom. The number of hydrogen-bond donors (Lipinski definition) is 2. The summed E-state index contributed by atoms with van der Waals surface area (Å²) < 4.78 is 18.7. The Labute approximate surface area is 99.6 Å². The number of ether oxygens (including phenoxy) is 1. The van der Waals surface area contributed by atoms with Gasteiger partial charge in [-0.05, 0) is 30.5 Å². The highest BCUT2D eigenvalue weighted by Gasteiger charge is 2.42. The predicted octanol–water partition coefficient (Wildman–Crippen LogP) is 1.16. The molecule has 2 bridgehead atoms. The third-order valence-corrected chi connectivity index (χ3v) is 3.64. The van der Waals surface area contributed by atoms with Crippen LogP contribution in [0.4, 0.5) is 4.39 Å². The van der Waals surface area contributed by atoms with Gasteiger partial charge in [-0.3, -0.25) is 0 Å². The Kier molecular flexibility index (Phi) is 2.65. The van der Waals surface area contributed by atoms with Crippen LogP contribution in [0.2, 0.25) is 0 Å². The lowest BCUT2D eigenvalue weighted by atomic mass is 9.78. The molecule has 2 aliphatic heterocycles. The van der Waals surface area contributed by atoms with Crippen molar-refractivity contribution in [3.05, 3.63) is 35.6 Å². The summed E-state index contributed by atoms with van der Waals surface area (Å²) in [5.41, 5.74) is -0.247.